The summed E-state index contributed by atoms with van der Waals surface area (Å²) in [5.74, 6) is 0.117. The van der Waals surface area contributed by atoms with Crippen molar-refractivity contribution in [1.82, 2.24) is 0 Å². The van der Waals surface area contributed by atoms with E-state index >= 15 is 0 Å². The highest BCUT2D eigenvalue weighted by Crippen LogP contribution is 2.23. The molecule has 2 rings (SSSR count). The smallest absolute Gasteiger partial charge is 0.282 e. The third-order valence-corrected chi connectivity index (χ3v) is 4.79. The molecule has 0 unspecified atom stereocenters. The van der Waals surface area contributed by atoms with Crippen LogP contribution in [0.5, 0.6) is 0 Å². The lowest BCUT2D eigenvalue weighted by atomic mass is 10.2. The Balaban J connectivity index is 1.99. The second kappa shape index (κ2) is 7.23. The summed E-state index contributed by atoms with van der Waals surface area (Å²) < 4.78 is 0.948. The van der Waals surface area contributed by atoms with E-state index in [1.807, 2.05) is 32.0 Å². The summed E-state index contributed by atoms with van der Waals surface area (Å²) in [6.07, 6.45) is 5.09. The van der Waals surface area contributed by atoms with E-state index in [-0.39, 0.29) is 11.9 Å². The number of hydrogen-bond acceptors (Lipinski definition) is 1. The maximum atomic E-state index is 12.4. The van der Waals surface area contributed by atoms with Crippen molar-refractivity contribution in [3.8, 4) is 0 Å². The Bertz CT molecular complexity index is 468. The van der Waals surface area contributed by atoms with Gasteiger partial charge in [0.2, 0.25) is 0 Å². The zero-order valence-electron chi connectivity index (χ0n) is 12.3. The minimum absolute atomic E-state index is 0.0151. The molecule has 1 saturated heterocycles. The lowest BCUT2D eigenvalue weighted by molar-refractivity contribution is -0.913. The number of carbonyl (C=O) groups is 1. The van der Waals surface area contributed by atoms with Crippen LogP contribution in [0.1, 0.15) is 38.2 Å². The Labute approximate surface area is 129 Å². The molecule has 0 radical (unpaired) electrons. The topological polar surface area (TPSA) is 33.5 Å². The van der Waals surface area contributed by atoms with E-state index in [1.165, 1.54) is 36.1 Å². The van der Waals surface area contributed by atoms with E-state index in [2.05, 4.69) is 21.2 Å². The molecule has 1 aromatic carbocycles. The summed E-state index contributed by atoms with van der Waals surface area (Å²) in [5.41, 5.74) is 2.04. The molecule has 0 aromatic heterocycles. The fourth-order valence-corrected chi connectivity index (χ4v) is 3.36. The highest BCUT2D eigenvalue weighted by molar-refractivity contribution is 9.10. The minimum Gasteiger partial charge on any atom is -0.325 e. The molecule has 110 valence electrons. The molecule has 0 bridgehead atoms. The van der Waals surface area contributed by atoms with Gasteiger partial charge in [0.1, 0.15) is 0 Å². The molecule has 1 amide bonds. The van der Waals surface area contributed by atoms with Crippen LogP contribution in [0.4, 0.5) is 5.69 Å². The van der Waals surface area contributed by atoms with Gasteiger partial charge in [-0.2, -0.15) is 0 Å². The number of hydrogen-bond donors (Lipinski definition) is 2. The number of anilines is 1. The average Bonchev–Trinajstić information content (AvgIpc) is 2.70. The van der Waals surface area contributed by atoms with E-state index in [0.29, 0.717) is 0 Å². The summed E-state index contributed by atoms with van der Waals surface area (Å²) in [7, 11) is 0. The molecule has 1 aliphatic rings. The van der Waals surface area contributed by atoms with Gasteiger partial charge in [0.05, 0.1) is 18.8 Å². The number of halogens is 1. The Morgan fingerprint density at radius 3 is 2.50 bits per heavy atom. The zero-order chi connectivity index (χ0) is 14.5. The first-order valence-electron chi connectivity index (χ1n) is 7.49. The lowest BCUT2D eigenvalue weighted by Gasteiger charge is -2.24. The van der Waals surface area contributed by atoms with E-state index in [9.17, 15) is 4.79 Å². The van der Waals surface area contributed by atoms with Crippen LogP contribution in [0.3, 0.4) is 0 Å². The number of carbonyl (C=O) groups excluding carboxylic acids is 1. The predicted molar refractivity (Wildman–Crippen MR) is 86.1 cm³/mol. The van der Waals surface area contributed by atoms with Gasteiger partial charge in [-0.25, -0.2) is 0 Å². The zero-order valence-corrected chi connectivity index (χ0v) is 13.9. The lowest BCUT2D eigenvalue weighted by Crippen LogP contribution is -3.16. The van der Waals surface area contributed by atoms with Gasteiger partial charge in [-0.3, -0.25) is 4.79 Å². The second-order valence-electron chi connectivity index (χ2n) is 5.77. The monoisotopic (exact) mass is 339 g/mol. The molecule has 1 aliphatic heterocycles. The summed E-state index contributed by atoms with van der Waals surface area (Å²) in [4.78, 5) is 13.8. The summed E-state index contributed by atoms with van der Waals surface area (Å²) in [6.45, 7) is 6.31. The maximum Gasteiger partial charge on any atom is 0.282 e. The molecule has 2 N–H and O–H groups in total. The Morgan fingerprint density at radius 2 is 1.90 bits per heavy atom. The van der Waals surface area contributed by atoms with Crippen LogP contribution in [0.25, 0.3) is 0 Å². The Hall–Kier alpha value is -0.870. The van der Waals surface area contributed by atoms with Crippen molar-refractivity contribution in [2.45, 2.75) is 45.6 Å². The molecule has 1 fully saturated rings. The van der Waals surface area contributed by atoms with E-state index < -0.39 is 0 Å². The second-order valence-corrected chi connectivity index (χ2v) is 6.62. The van der Waals surface area contributed by atoms with Crippen molar-refractivity contribution >= 4 is 27.5 Å². The summed E-state index contributed by atoms with van der Waals surface area (Å²) in [5, 5.41) is 3.05. The SMILES string of the molecule is Cc1ccc(NC(=O)[C@H](C)[NH+]2CCCCCC2)c(Br)c1. The molecule has 1 heterocycles. The van der Waals surface area contributed by atoms with Gasteiger partial charge in [-0.05, 0) is 73.2 Å². The highest BCUT2D eigenvalue weighted by atomic mass is 79.9. The molecule has 20 heavy (non-hydrogen) atoms. The van der Waals surface area contributed by atoms with Crippen molar-refractivity contribution in [3.63, 3.8) is 0 Å². The van der Waals surface area contributed by atoms with Crippen LogP contribution >= 0.6 is 15.9 Å². The third-order valence-electron chi connectivity index (χ3n) is 4.13. The molecule has 0 saturated carbocycles. The average molecular weight is 340 g/mol. The molecular weight excluding hydrogens is 316 g/mol. The molecule has 1 atom stereocenters. The fraction of sp³-hybridized carbons (Fsp3) is 0.562. The Morgan fingerprint density at radius 1 is 1.25 bits per heavy atom. The van der Waals surface area contributed by atoms with Gasteiger partial charge in [0, 0.05) is 4.47 Å². The van der Waals surface area contributed by atoms with Crippen LogP contribution in [0.2, 0.25) is 0 Å². The third kappa shape index (κ3) is 4.06. The maximum absolute atomic E-state index is 12.4. The summed E-state index contributed by atoms with van der Waals surface area (Å²) >= 11 is 3.51. The van der Waals surface area contributed by atoms with Gasteiger partial charge in [0.15, 0.2) is 6.04 Å². The molecule has 0 aliphatic carbocycles. The fourth-order valence-electron chi connectivity index (χ4n) is 2.76. The van der Waals surface area contributed by atoms with Gasteiger partial charge in [-0.15, -0.1) is 0 Å². The van der Waals surface area contributed by atoms with Crippen molar-refractivity contribution in [3.05, 3.63) is 28.2 Å². The highest BCUT2D eigenvalue weighted by Gasteiger charge is 2.26. The van der Waals surface area contributed by atoms with Crippen LogP contribution < -0.4 is 10.2 Å². The van der Waals surface area contributed by atoms with Gasteiger partial charge < -0.3 is 10.2 Å². The molecule has 3 nitrogen and oxygen atoms in total. The van der Waals surface area contributed by atoms with Crippen molar-refractivity contribution < 1.29 is 9.69 Å². The number of benzene rings is 1. The number of amides is 1. The van der Waals surface area contributed by atoms with Crippen LogP contribution in [0, 0.1) is 6.92 Å². The van der Waals surface area contributed by atoms with Gasteiger partial charge >= 0.3 is 0 Å². The van der Waals surface area contributed by atoms with Crippen LogP contribution in [0.15, 0.2) is 22.7 Å². The molecule has 0 spiro atoms. The molecular formula is C16H24BrN2O+. The molecule has 4 heteroatoms. The number of aryl methyl sites for hydroxylation is 1. The van der Waals surface area contributed by atoms with Crippen LogP contribution in [-0.4, -0.2) is 25.0 Å². The van der Waals surface area contributed by atoms with Gasteiger partial charge in [0.25, 0.3) is 5.91 Å². The summed E-state index contributed by atoms with van der Waals surface area (Å²) in [6, 6.07) is 6.02. The predicted octanol–water partition coefficient (Wildman–Crippen LogP) is 2.54. The first-order valence-corrected chi connectivity index (χ1v) is 8.29. The first kappa shape index (κ1) is 15.5. The van der Waals surface area contributed by atoms with Crippen molar-refractivity contribution in [1.29, 1.82) is 0 Å². The van der Waals surface area contributed by atoms with Gasteiger partial charge in [-0.1, -0.05) is 6.07 Å². The van der Waals surface area contributed by atoms with E-state index in [1.54, 1.807) is 0 Å². The van der Waals surface area contributed by atoms with E-state index in [4.69, 9.17) is 0 Å². The largest absolute Gasteiger partial charge is 0.325 e. The number of nitrogens with one attached hydrogen (secondary N) is 2. The first-order chi connectivity index (χ1) is 9.58. The normalized spacial score (nSPS) is 18.4. The van der Waals surface area contributed by atoms with Crippen molar-refractivity contribution in [2.24, 2.45) is 0 Å². The minimum atomic E-state index is 0.0151. The number of likely N-dealkylation sites (tertiary alicyclic amines) is 1. The quantitative estimate of drug-likeness (QED) is 0.871. The standard InChI is InChI=1S/C16H23BrN2O/c1-12-7-8-15(14(17)11-12)18-16(20)13(2)19-9-5-3-4-6-10-19/h7-8,11,13H,3-6,9-10H2,1-2H3,(H,18,20)/p+1/t13-/m0/s1. The molecule has 1 aromatic rings. The van der Waals surface area contributed by atoms with Crippen molar-refractivity contribution in [2.75, 3.05) is 18.4 Å². The van der Waals surface area contributed by atoms with E-state index in [0.717, 1.165) is 23.2 Å². The Kier molecular flexibility index (Phi) is 5.61. The number of rotatable bonds is 3. The number of quaternary nitrogens is 1. The van der Waals surface area contributed by atoms with Crippen LogP contribution in [-0.2, 0) is 4.79 Å².